The molecule has 1 aromatic carbocycles. The number of fused-ring (bicyclic) bond motifs is 1. The van der Waals surface area contributed by atoms with Gasteiger partial charge in [-0.25, -0.2) is 19.4 Å². The number of carbonyl (C=O) groups is 3. The Hall–Kier alpha value is -3.36. The van der Waals surface area contributed by atoms with E-state index in [9.17, 15) is 4.79 Å². The Morgan fingerprint density at radius 3 is 2.46 bits per heavy atom. The van der Waals surface area contributed by atoms with Crippen LogP contribution in [0.3, 0.4) is 0 Å². The summed E-state index contributed by atoms with van der Waals surface area (Å²) in [7, 11) is 1.85. The fourth-order valence-electron chi connectivity index (χ4n) is 2.54. The van der Waals surface area contributed by atoms with Crippen molar-refractivity contribution in [3.05, 3.63) is 53.6 Å². The number of aromatic amines is 1. The van der Waals surface area contributed by atoms with Crippen LogP contribution in [0.15, 0.2) is 36.7 Å². The van der Waals surface area contributed by atoms with Gasteiger partial charge in [-0.05, 0) is 5.56 Å². The van der Waals surface area contributed by atoms with Crippen molar-refractivity contribution in [3.63, 3.8) is 0 Å². The lowest BCUT2D eigenvalue weighted by Gasteiger charge is -2.30. The molecular weight excluding hydrogens is 340 g/mol. The van der Waals surface area contributed by atoms with E-state index in [1.54, 1.807) is 11.2 Å². The van der Waals surface area contributed by atoms with Crippen molar-refractivity contribution in [1.82, 2.24) is 19.8 Å². The van der Waals surface area contributed by atoms with Gasteiger partial charge >= 0.3 is 18.0 Å². The minimum absolute atomic E-state index is 0.0640. The predicted octanol–water partition coefficient (Wildman–Crippen LogP) is 1.18. The Morgan fingerprint density at radius 2 is 1.85 bits per heavy atom. The zero-order valence-electron chi connectivity index (χ0n) is 14.3. The molecule has 9 nitrogen and oxygen atoms in total. The molecule has 2 amide bonds. The summed E-state index contributed by atoms with van der Waals surface area (Å²) in [5, 5.41) is 14.8. The highest BCUT2D eigenvalue weighted by Gasteiger charge is 2.24. The molecule has 0 atom stereocenters. The van der Waals surface area contributed by atoms with Gasteiger partial charge in [-0.3, -0.25) is 0 Å². The zero-order chi connectivity index (χ0) is 19.1. The molecular formula is C17H20N4O5. The fourth-order valence-corrected chi connectivity index (χ4v) is 2.54. The molecule has 0 bridgehead atoms. The molecule has 0 radical (unpaired) electrons. The molecule has 0 saturated heterocycles. The molecule has 0 aliphatic carbocycles. The Balaban J connectivity index is 0.000000352. The van der Waals surface area contributed by atoms with Crippen LogP contribution in [0.5, 0.6) is 0 Å². The van der Waals surface area contributed by atoms with Gasteiger partial charge in [0.15, 0.2) is 0 Å². The number of hydrogen-bond donors (Lipinski definition) is 3. The van der Waals surface area contributed by atoms with Gasteiger partial charge in [0.2, 0.25) is 0 Å². The van der Waals surface area contributed by atoms with Gasteiger partial charge in [0.25, 0.3) is 0 Å². The summed E-state index contributed by atoms with van der Waals surface area (Å²) in [4.78, 5) is 41.6. The third-order valence-corrected chi connectivity index (χ3v) is 3.82. The first kappa shape index (κ1) is 19.0. The maximum absolute atomic E-state index is 12.5. The van der Waals surface area contributed by atoms with E-state index in [0.29, 0.717) is 13.1 Å². The number of nitrogens with one attached hydrogen (secondary N) is 1. The average molecular weight is 360 g/mol. The Labute approximate surface area is 149 Å². The molecule has 2 heterocycles. The quantitative estimate of drug-likeness (QED) is 0.690. The Kier molecular flexibility index (Phi) is 6.31. The van der Waals surface area contributed by atoms with Gasteiger partial charge in [-0.1, -0.05) is 30.3 Å². The number of nitrogens with zero attached hydrogens (tertiary/aromatic N) is 3. The highest BCUT2D eigenvalue weighted by molar-refractivity contribution is 6.27. The van der Waals surface area contributed by atoms with Gasteiger partial charge < -0.3 is 25.0 Å². The number of rotatable bonds is 2. The largest absolute Gasteiger partial charge is 0.473 e. The van der Waals surface area contributed by atoms with E-state index < -0.39 is 11.9 Å². The molecule has 0 saturated carbocycles. The first-order valence-electron chi connectivity index (χ1n) is 7.89. The van der Waals surface area contributed by atoms with Crippen LogP contribution in [0, 0.1) is 0 Å². The smallest absolute Gasteiger partial charge is 0.414 e. The minimum Gasteiger partial charge on any atom is -0.473 e. The van der Waals surface area contributed by atoms with Gasteiger partial charge in [-0.2, -0.15) is 0 Å². The highest BCUT2D eigenvalue weighted by atomic mass is 16.4. The first-order chi connectivity index (χ1) is 12.4. The predicted molar refractivity (Wildman–Crippen MR) is 91.3 cm³/mol. The second-order valence-corrected chi connectivity index (χ2v) is 5.73. The number of aliphatic carboxylic acids is 2. The number of amides is 2. The van der Waals surface area contributed by atoms with E-state index in [2.05, 4.69) is 9.97 Å². The Bertz CT molecular complexity index is 762. The van der Waals surface area contributed by atoms with E-state index in [1.165, 1.54) is 0 Å². The fraction of sp³-hybridized carbons (Fsp3) is 0.294. The molecule has 26 heavy (non-hydrogen) atoms. The highest BCUT2D eigenvalue weighted by Crippen LogP contribution is 2.16. The number of hydrogen-bond acceptors (Lipinski definition) is 4. The maximum atomic E-state index is 12.5. The number of urea groups is 1. The minimum atomic E-state index is -1.82. The Morgan fingerprint density at radius 1 is 1.19 bits per heavy atom. The second-order valence-electron chi connectivity index (χ2n) is 5.73. The van der Waals surface area contributed by atoms with Crippen LogP contribution < -0.4 is 0 Å². The number of benzene rings is 1. The summed E-state index contributed by atoms with van der Waals surface area (Å²) in [6.45, 7) is 1.98. The summed E-state index contributed by atoms with van der Waals surface area (Å²) in [5.41, 5.74) is 3.28. The maximum Gasteiger partial charge on any atom is 0.414 e. The van der Waals surface area contributed by atoms with E-state index in [-0.39, 0.29) is 6.03 Å². The number of carbonyl (C=O) groups excluding carboxylic acids is 1. The van der Waals surface area contributed by atoms with E-state index in [1.807, 2.05) is 42.3 Å². The number of aromatic nitrogens is 2. The van der Waals surface area contributed by atoms with E-state index in [4.69, 9.17) is 19.8 Å². The molecule has 138 valence electrons. The van der Waals surface area contributed by atoms with Crippen LogP contribution in [-0.2, 0) is 29.1 Å². The van der Waals surface area contributed by atoms with Gasteiger partial charge in [0.05, 0.1) is 24.3 Å². The molecule has 3 N–H and O–H groups in total. The molecule has 0 fully saturated rings. The molecule has 0 spiro atoms. The molecule has 9 heteroatoms. The number of carboxylic acids is 2. The van der Waals surface area contributed by atoms with Crippen LogP contribution in [0.4, 0.5) is 4.79 Å². The summed E-state index contributed by atoms with van der Waals surface area (Å²) < 4.78 is 0. The molecule has 3 rings (SSSR count). The van der Waals surface area contributed by atoms with Crippen LogP contribution >= 0.6 is 0 Å². The lowest BCUT2D eigenvalue weighted by molar-refractivity contribution is -0.159. The van der Waals surface area contributed by atoms with Gasteiger partial charge in [-0.15, -0.1) is 0 Å². The second kappa shape index (κ2) is 8.65. The van der Waals surface area contributed by atoms with Crippen LogP contribution in [0.25, 0.3) is 0 Å². The monoisotopic (exact) mass is 360 g/mol. The molecule has 1 aromatic heterocycles. The molecule has 1 aliphatic rings. The number of H-pyrrole nitrogens is 1. The third-order valence-electron chi connectivity index (χ3n) is 3.82. The SMILES string of the molecule is CN(Cc1ccccc1)C(=O)N1CCc2nc[nH]c2C1.O=C(O)C(=O)O. The van der Waals surface area contributed by atoms with Gasteiger partial charge in [0, 0.05) is 26.6 Å². The molecule has 2 aromatic rings. The van der Waals surface area contributed by atoms with Crippen molar-refractivity contribution in [2.45, 2.75) is 19.5 Å². The van der Waals surface area contributed by atoms with E-state index >= 15 is 0 Å². The zero-order valence-corrected chi connectivity index (χ0v) is 14.3. The number of carboxylic acid groups (broad SMARTS) is 2. The van der Waals surface area contributed by atoms with E-state index in [0.717, 1.165) is 29.9 Å². The van der Waals surface area contributed by atoms with Crippen molar-refractivity contribution < 1.29 is 24.6 Å². The standard InChI is InChI=1S/C15H18N4O.C2H2O4/c1-18(9-12-5-3-2-4-6-12)15(20)19-8-7-13-14(10-19)17-11-16-13;3-1(4)2(5)6/h2-6,11H,7-10H2,1H3,(H,16,17);(H,3,4)(H,5,6). The topological polar surface area (TPSA) is 127 Å². The lowest BCUT2D eigenvalue weighted by atomic mass is 10.1. The summed E-state index contributed by atoms with van der Waals surface area (Å²) in [5.74, 6) is -3.65. The summed E-state index contributed by atoms with van der Waals surface area (Å²) in [6, 6.07) is 10.1. The van der Waals surface area contributed by atoms with Gasteiger partial charge in [0.1, 0.15) is 0 Å². The lowest BCUT2D eigenvalue weighted by Crippen LogP contribution is -2.43. The summed E-state index contributed by atoms with van der Waals surface area (Å²) in [6.07, 6.45) is 2.52. The third kappa shape index (κ3) is 5.07. The molecule has 0 unspecified atom stereocenters. The van der Waals surface area contributed by atoms with Crippen molar-refractivity contribution in [3.8, 4) is 0 Å². The molecule has 1 aliphatic heterocycles. The van der Waals surface area contributed by atoms with Crippen LogP contribution in [-0.4, -0.2) is 61.5 Å². The van der Waals surface area contributed by atoms with Crippen LogP contribution in [0.2, 0.25) is 0 Å². The average Bonchev–Trinajstić information content (AvgIpc) is 3.10. The number of imidazole rings is 1. The summed E-state index contributed by atoms with van der Waals surface area (Å²) >= 11 is 0. The van der Waals surface area contributed by atoms with Crippen molar-refractivity contribution >= 4 is 18.0 Å². The van der Waals surface area contributed by atoms with Crippen molar-refractivity contribution in [2.75, 3.05) is 13.6 Å². The normalized spacial score (nSPS) is 12.4. The van der Waals surface area contributed by atoms with Crippen LogP contribution in [0.1, 0.15) is 17.0 Å². The first-order valence-corrected chi connectivity index (χ1v) is 7.89. The van der Waals surface area contributed by atoms with Crippen molar-refractivity contribution in [1.29, 1.82) is 0 Å². The van der Waals surface area contributed by atoms with Crippen molar-refractivity contribution in [2.24, 2.45) is 0 Å².